The first kappa shape index (κ1) is 17.6. The zero-order valence-electron chi connectivity index (χ0n) is 15.4. The van der Waals surface area contributed by atoms with Gasteiger partial charge in [0.15, 0.2) is 0 Å². The number of benzene rings is 2. The van der Waals surface area contributed by atoms with Crippen LogP contribution in [0.15, 0.2) is 48.5 Å². The number of nitrogens with zero attached hydrogens (tertiary/aromatic N) is 2. The first-order chi connectivity index (χ1) is 12.4. The molecule has 0 bridgehead atoms. The van der Waals surface area contributed by atoms with Gasteiger partial charge in [-0.2, -0.15) is 0 Å². The molecule has 132 valence electrons. The van der Waals surface area contributed by atoms with Crippen LogP contribution in [0.2, 0.25) is 0 Å². The molecule has 0 radical (unpaired) electrons. The fourth-order valence-electron chi connectivity index (χ4n) is 2.88. The molecule has 2 N–H and O–H groups in total. The molecular formula is C21H22N4O. The molecule has 5 heteroatoms. The van der Waals surface area contributed by atoms with Crippen molar-refractivity contribution in [3.63, 3.8) is 0 Å². The molecule has 3 rings (SSSR count). The number of anilines is 3. The van der Waals surface area contributed by atoms with Crippen molar-refractivity contribution >= 4 is 23.2 Å². The lowest BCUT2D eigenvalue weighted by atomic mass is 10.1. The number of carbonyl (C=O) groups excluding carboxylic acids is 1. The van der Waals surface area contributed by atoms with Crippen LogP contribution in [-0.4, -0.2) is 15.9 Å². The summed E-state index contributed by atoms with van der Waals surface area (Å²) in [6.07, 6.45) is 0. The van der Waals surface area contributed by atoms with Gasteiger partial charge in [0.05, 0.1) is 11.3 Å². The molecule has 1 amide bonds. The minimum atomic E-state index is -0.171. The normalized spacial score (nSPS) is 10.5. The molecule has 0 aliphatic heterocycles. The van der Waals surface area contributed by atoms with E-state index < -0.39 is 0 Å². The lowest BCUT2D eigenvalue weighted by Crippen LogP contribution is -2.16. The van der Waals surface area contributed by atoms with Crippen LogP contribution in [0.1, 0.15) is 32.9 Å². The second-order valence-corrected chi connectivity index (χ2v) is 6.37. The molecule has 0 saturated heterocycles. The van der Waals surface area contributed by atoms with E-state index in [0.29, 0.717) is 17.2 Å². The quantitative estimate of drug-likeness (QED) is 0.718. The minimum absolute atomic E-state index is 0.171. The summed E-state index contributed by atoms with van der Waals surface area (Å²) in [4.78, 5) is 21.6. The number of carbonyl (C=O) groups is 1. The maximum absolute atomic E-state index is 12.9. The fraction of sp³-hybridized carbons (Fsp3) is 0.190. The van der Waals surface area contributed by atoms with Gasteiger partial charge in [-0.05, 0) is 57.0 Å². The van der Waals surface area contributed by atoms with Crippen LogP contribution in [0.5, 0.6) is 0 Å². The SMILES string of the molecule is Cc1cc(C)nc(Nc2ccccc2C(=O)Nc2c(C)cccc2C)n1. The highest BCUT2D eigenvalue weighted by molar-refractivity contribution is 6.09. The number of amides is 1. The summed E-state index contributed by atoms with van der Waals surface area (Å²) in [5, 5.41) is 6.19. The molecule has 0 unspecified atom stereocenters. The predicted molar refractivity (Wildman–Crippen MR) is 105 cm³/mol. The maximum Gasteiger partial charge on any atom is 0.257 e. The third kappa shape index (κ3) is 3.88. The van der Waals surface area contributed by atoms with E-state index in [0.717, 1.165) is 28.2 Å². The highest BCUT2D eigenvalue weighted by Crippen LogP contribution is 2.24. The fourth-order valence-corrected chi connectivity index (χ4v) is 2.88. The van der Waals surface area contributed by atoms with Crippen molar-refractivity contribution in [1.82, 2.24) is 9.97 Å². The Hall–Kier alpha value is -3.21. The number of aromatic nitrogens is 2. The predicted octanol–water partition coefficient (Wildman–Crippen LogP) is 4.71. The first-order valence-corrected chi connectivity index (χ1v) is 8.50. The number of hydrogen-bond acceptors (Lipinski definition) is 4. The first-order valence-electron chi connectivity index (χ1n) is 8.50. The average Bonchev–Trinajstić information content (AvgIpc) is 2.58. The molecule has 2 aromatic carbocycles. The summed E-state index contributed by atoms with van der Waals surface area (Å²) in [5.74, 6) is 0.310. The van der Waals surface area contributed by atoms with Crippen molar-refractivity contribution in [3.8, 4) is 0 Å². The van der Waals surface area contributed by atoms with Gasteiger partial charge in [0.25, 0.3) is 5.91 Å². The minimum Gasteiger partial charge on any atom is -0.323 e. The van der Waals surface area contributed by atoms with E-state index in [1.54, 1.807) is 6.07 Å². The smallest absolute Gasteiger partial charge is 0.257 e. The summed E-state index contributed by atoms with van der Waals surface area (Å²) in [5.41, 5.74) is 5.85. The van der Waals surface area contributed by atoms with E-state index in [9.17, 15) is 4.79 Å². The lowest BCUT2D eigenvalue weighted by Gasteiger charge is -2.14. The van der Waals surface area contributed by atoms with Crippen LogP contribution in [0.4, 0.5) is 17.3 Å². The van der Waals surface area contributed by atoms with Crippen molar-refractivity contribution in [2.75, 3.05) is 10.6 Å². The molecule has 3 aromatic rings. The Morgan fingerprint density at radius 3 is 2.12 bits per heavy atom. The molecule has 0 aliphatic carbocycles. The van der Waals surface area contributed by atoms with Crippen LogP contribution in [-0.2, 0) is 0 Å². The van der Waals surface area contributed by atoms with Gasteiger partial charge in [-0.15, -0.1) is 0 Å². The van der Waals surface area contributed by atoms with Gasteiger partial charge in [-0.3, -0.25) is 4.79 Å². The molecule has 1 heterocycles. The van der Waals surface area contributed by atoms with Crippen LogP contribution < -0.4 is 10.6 Å². The van der Waals surface area contributed by atoms with E-state index in [1.165, 1.54) is 0 Å². The third-order valence-corrected chi connectivity index (χ3v) is 4.12. The van der Waals surface area contributed by atoms with E-state index in [4.69, 9.17) is 0 Å². The number of aryl methyl sites for hydroxylation is 4. The summed E-state index contributed by atoms with van der Waals surface area (Å²) in [7, 11) is 0. The number of hydrogen-bond donors (Lipinski definition) is 2. The van der Waals surface area contributed by atoms with E-state index in [1.807, 2.05) is 70.2 Å². The number of nitrogens with one attached hydrogen (secondary N) is 2. The van der Waals surface area contributed by atoms with Gasteiger partial charge in [0, 0.05) is 17.1 Å². The van der Waals surface area contributed by atoms with Gasteiger partial charge in [-0.1, -0.05) is 30.3 Å². The van der Waals surface area contributed by atoms with Crippen LogP contribution in [0, 0.1) is 27.7 Å². The van der Waals surface area contributed by atoms with Gasteiger partial charge in [0.2, 0.25) is 5.95 Å². The highest BCUT2D eigenvalue weighted by atomic mass is 16.1. The van der Waals surface area contributed by atoms with Gasteiger partial charge >= 0.3 is 0 Å². The molecule has 0 fully saturated rings. The molecule has 0 aliphatic rings. The van der Waals surface area contributed by atoms with Crippen molar-refractivity contribution < 1.29 is 4.79 Å². The zero-order valence-corrected chi connectivity index (χ0v) is 15.4. The summed E-state index contributed by atoms with van der Waals surface area (Å²) in [6, 6.07) is 15.2. The maximum atomic E-state index is 12.9. The van der Waals surface area contributed by atoms with Crippen LogP contribution in [0.3, 0.4) is 0 Å². The zero-order chi connectivity index (χ0) is 18.7. The Balaban J connectivity index is 1.90. The Kier molecular flexibility index (Phi) is 4.98. The van der Waals surface area contributed by atoms with Gasteiger partial charge < -0.3 is 10.6 Å². The number of rotatable bonds is 4. The molecule has 1 aromatic heterocycles. The molecule has 5 nitrogen and oxygen atoms in total. The summed E-state index contributed by atoms with van der Waals surface area (Å²) >= 11 is 0. The lowest BCUT2D eigenvalue weighted by molar-refractivity contribution is 0.102. The Morgan fingerprint density at radius 2 is 1.46 bits per heavy atom. The van der Waals surface area contributed by atoms with E-state index in [-0.39, 0.29) is 5.91 Å². The Morgan fingerprint density at radius 1 is 0.846 bits per heavy atom. The van der Waals surface area contributed by atoms with Crippen molar-refractivity contribution in [1.29, 1.82) is 0 Å². The van der Waals surface area contributed by atoms with Crippen LogP contribution >= 0.6 is 0 Å². The molecule has 0 atom stereocenters. The summed E-state index contributed by atoms with van der Waals surface area (Å²) in [6.45, 7) is 7.80. The standard InChI is InChI=1S/C21H22N4O/c1-13-8-7-9-14(2)19(13)25-20(26)17-10-5-6-11-18(17)24-21-22-15(3)12-16(4)23-21/h5-12H,1-4H3,(H,25,26)(H,22,23,24). The Labute approximate surface area is 153 Å². The second kappa shape index (κ2) is 7.35. The molecule has 0 spiro atoms. The Bertz CT molecular complexity index is 925. The summed E-state index contributed by atoms with van der Waals surface area (Å²) < 4.78 is 0. The average molecular weight is 346 g/mol. The number of para-hydroxylation sites is 2. The van der Waals surface area contributed by atoms with Crippen molar-refractivity contribution in [2.24, 2.45) is 0 Å². The van der Waals surface area contributed by atoms with Gasteiger partial charge in [-0.25, -0.2) is 9.97 Å². The van der Waals surface area contributed by atoms with Gasteiger partial charge in [0.1, 0.15) is 0 Å². The van der Waals surface area contributed by atoms with E-state index >= 15 is 0 Å². The molecule has 0 saturated carbocycles. The monoisotopic (exact) mass is 346 g/mol. The van der Waals surface area contributed by atoms with Crippen molar-refractivity contribution in [3.05, 3.63) is 76.6 Å². The van der Waals surface area contributed by atoms with E-state index in [2.05, 4.69) is 20.6 Å². The largest absolute Gasteiger partial charge is 0.323 e. The third-order valence-electron chi connectivity index (χ3n) is 4.12. The topological polar surface area (TPSA) is 66.9 Å². The molecular weight excluding hydrogens is 324 g/mol. The highest BCUT2D eigenvalue weighted by Gasteiger charge is 2.14. The molecule has 26 heavy (non-hydrogen) atoms. The second-order valence-electron chi connectivity index (χ2n) is 6.37. The van der Waals surface area contributed by atoms with Crippen molar-refractivity contribution in [2.45, 2.75) is 27.7 Å². The van der Waals surface area contributed by atoms with Crippen LogP contribution in [0.25, 0.3) is 0 Å².